The number of benzene rings is 1. The molecule has 1 aliphatic heterocycles. The predicted octanol–water partition coefficient (Wildman–Crippen LogP) is 3.97. The molecule has 7 nitrogen and oxygen atoms in total. The van der Waals surface area contributed by atoms with Crippen LogP contribution in [0, 0.1) is 23.2 Å². The fourth-order valence-corrected chi connectivity index (χ4v) is 8.41. The van der Waals surface area contributed by atoms with Gasteiger partial charge in [-0.3, -0.25) is 4.79 Å². The molecule has 4 saturated carbocycles. The third-order valence-corrected chi connectivity index (χ3v) is 9.81. The molecule has 0 saturated heterocycles. The fraction of sp³-hybridized carbons (Fsp3) is 0.731. The average Bonchev–Trinajstić information content (AvgIpc) is 2.79. The maximum atomic E-state index is 12.8. The van der Waals surface area contributed by atoms with Crippen molar-refractivity contribution in [3.8, 4) is 11.5 Å². The predicted molar refractivity (Wildman–Crippen MR) is 129 cm³/mol. The molecule has 0 radical (unpaired) electrons. The molecule has 1 aromatic rings. The number of rotatable bonds is 10. The van der Waals surface area contributed by atoms with Crippen molar-refractivity contribution < 1.29 is 22.7 Å². The Morgan fingerprint density at radius 2 is 1.65 bits per heavy atom. The molecule has 5 aliphatic rings. The zero-order valence-corrected chi connectivity index (χ0v) is 21.1. The maximum Gasteiger partial charge on any atom is 0.240 e. The van der Waals surface area contributed by atoms with Gasteiger partial charge in [-0.05, 0) is 86.7 Å². The van der Waals surface area contributed by atoms with E-state index in [1.54, 1.807) is 6.07 Å². The highest BCUT2D eigenvalue weighted by atomic mass is 32.2. The summed E-state index contributed by atoms with van der Waals surface area (Å²) in [6.07, 6.45) is 11.1. The lowest BCUT2D eigenvalue weighted by molar-refractivity contribution is -0.135. The van der Waals surface area contributed by atoms with Gasteiger partial charge >= 0.3 is 0 Å². The number of unbranched alkanes of at least 4 members (excludes halogenated alkanes) is 2. The maximum absolute atomic E-state index is 12.8. The summed E-state index contributed by atoms with van der Waals surface area (Å²) >= 11 is 0. The van der Waals surface area contributed by atoms with Crippen molar-refractivity contribution in [1.29, 1.82) is 0 Å². The van der Waals surface area contributed by atoms with Crippen LogP contribution in [0.15, 0.2) is 23.1 Å². The minimum absolute atomic E-state index is 0.179. The molecule has 0 spiro atoms. The minimum atomic E-state index is -3.60. The lowest BCUT2D eigenvalue weighted by atomic mass is 9.49. The number of hydrogen-bond donors (Lipinski definition) is 1. The Morgan fingerprint density at radius 1 is 1.00 bits per heavy atom. The number of carbonyl (C=O) groups is 1. The van der Waals surface area contributed by atoms with Crippen LogP contribution in [-0.4, -0.2) is 52.6 Å². The topological polar surface area (TPSA) is 84.9 Å². The van der Waals surface area contributed by atoms with E-state index in [4.69, 9.17) is 9.47 Å². The second kappa shape index (κ2) is 9.69. The second-order valence-electron chi connectivity index (χ2n) is 11.2. The zero-order valence-electron chi connectivity index (χ0n) is 20.3. The molecule has 0 atom stereocenters. The molecule has 1 N–H and O–H groups in total. The molecule has 8 heteroatoms. The van der Waals surface area contributed by atoms with Gasteiger partial charge in [-0.2, -0.15) is 0 Å². The summed E-state index contributed by atoms with van der Waals surface area (Å²) < 4.78 is 38.8. The number of amides is 1. The summed E-state index contributed by atoms with van der Waals surface area (Å²) in [5, 5.41) is 0. The van der Waals surface area contributed by atoms with Crippen LogP contribution >= 0.6 is 0 Å². The fourth-order valence-electron chi connectivity index (χ4n) is 7.32. The highest BCUT2D eigenvalue weighted by molar-refractivity contribution is 7.89. The summed E-state index contributed by atoms with van der Waals surface area (Å²) in [4.78, 5) is 14.9. The minimum Gasteiger partial charge on any atom is -0.486 e. The summed E-state index contributed by atoms with van der Waals surface area (Å²) in [5.41, 5.74) is 0.380. The number of carbonyl (C=O) groups excluding carboxylic acids is 1. The van der Waals surface area contributed by atoms with Gasteiger partial charge in [-0.15, -0.1) is 0 Å². The van der Waals surface area contributed by atoms with Crippen LogP contribution in [-0.2, 0) is 14.8 Å². The van der Waals surface area contributed by atoms with Gasteiger partial charge in [0.2, 0.25) is 15.9 Å². The highest BCUT2D eigenvalue weighted by Crippen LogP contribution is 2.60. The molecule has 188 valence electrons. The first-order chi connectivity index (χ1) is 16.3. The molecule has 1 amide bonds. The van der Waals surface area contributed by atoms with Gasteiger partial charge in [0.05, 0.1) is 4.90 Å². The number of fused-ring (bicyclic) bond motifs is 1. The van der Waals surface area contributed by atoms with Gasteiger partial charge < -0.3 is 14.4 Å². The van der Waals surface area contributed by atoms with E-state index in [-0.39, 0.29) is 10.8 Å². The number of ether oxygens (including phenoxy) is 2. The molecular formula is C26H38N2O5S. The van der Waals surface area contributed by atoms with Gasteiger partial charge in [0.25, 0.3) is 0 Å². The molecule has 4 bridgehead atoms. The van der Waals surface area contributed by atoms with E-state index in [1.165, 1.54) is 50.7 Å². The Hall–Kier alpha value is -1.80. The van der Waals surface area contributed by atoms with E-state index >= 15 is 0 Å². The Balaban J connectivity index is 1.01. The molecule has 0 aromatic heterocycles. The molecule has 4 fully saturated rings. The second-order valence-corrected chi connectivity index (χ2v) is 12.9. The van der Waals surface area contributed by atoms with Gasteiger partial charge in [0.1, 0.15) is 13.2 Å². The molecule has 1 aromatic carbocycles. The van der Waals surface area contributed by atoms with Crippen molar-refractivity contribution in [1.82, 2.24) is 9.62 Å². The van der Waals surface area contributed by atoms with Crippen molar-refractivity contribution in [2.24, 2.45) is 23.2 Å². The SMILES string of the molecule is CN(CC12CC3CC(CC(C3)C1)C2)C(=O)CCCCCNS(=O)(=O)c1ccc2c(c1)OCCO2. The lowest BCUT2D eigenvalue weighted by Crippen LogP contribution is -2.51. The standard InChI is InChI=1S/C26H38N2O5S/c1-28(18-26-15-19-11-20(16-26)13-21(12-19)17-26)25(29)5-3-2-4-8-27-34(30,31)22-6-7-23-24(14-22)33-10-9-32-23/h6-7,14,19-21,27H,2-5,8-13,15-18H2,1H3. The highest BCUT2D eigenvalue weighted by Gasteiger charge is 2.51. The summed E-state index contributed by atoms with van der Waals surface area (Å²) in [6.45, 7) is 2.16. The quantitative estimate of drug-likeness (QED) is 0.502. The van der Waals surface area contributed by atoms with Crippen LogP contribution in [0.4, 0.5) is 0 Å². The van der Waals surface area contributed by atoms with E-state index in [2.05, 4.69) is 4.72 Å². The first kappa shape index (κ1) is 23.9. The molecule has 34 heavy (non-hydrogen) atoms. The van der Waals surface area contributed by atoms with Crippen molar-refractivity contribution in [3.63, 3.8) is 0 Å². The van der Waals surface area contributed by atoms with Crippen molar-refractivity contribution >= 4 is 15.9 Å². The van der Waals surface area contributed by atoms with E-state index in [0.29, 0.717) is 49.5 Å². The molecule has 0 unspecified atom stereocenters. The Morgan fingerprint density at radius 3 is 2.32 bits per heavy atom. The van der Waals surface area contributed by atoms with Gasteiger partial charge in [0, 0.05) is 32.6 Å². The van der Waals surface area contributed by atoms with Crippen LogP contribution in [0.3, 0.4) is 0 Å². The van der Waals surface area contributed by atoms with Gasteiger partial charge in [0.15, 0.2) is 11.5 Å². The number of nitrogens with zero attached hydrogens (tertiary/aromatic N) is 1. The van der Waals surface area contributed by atoms with E-state index in [1.807, 2.05) is 11.9 Å². The van der Waals surface area contributed by atoms with Crippen molar-refractivity contribution in [2.75, 3.05) is 33.4 Å². The molecular weight excluding hydrogens is 452 g/mol. The molecule has 6 rings (SSSR count). The van der Waals surface area contributed by atoms with Gasteiger partial charge in [-0.25, -0.2) is 13.1 Å². The Labute approximate surface area is 203 Å². The van der Waals surface area contributed by atoms with Crippen molar-refractivity contribution in [2.45, 2.75) is 69.1 Å². The van der Waals surface area contributed by atoms with Crippen LogP contribution in [0.5, 0.6) is 11.5 Å². The Kier molecular flexibility index (Phi) is 6.81. The smallest absolute Gasteiger partial charge is 0.240 e. The number of sulfonamides is 1. The van der Waals surface area contributed by atoms with Crippen LogP contribution in [0.25, 0.3) is 0 Å². The third kappa shape index (κ3) is 5.23. The molecule has 1 heterocycles. The first-order valence-corrected chi connectivity index (χ1v) is 14.4. The summed E-state index contributed by atoms with van der Waals surface area (Å²) in [6, 6.07) is 4.68. The monoisotopic (exact) mass is 490 g/mol. The number of nitrogens with one attached hydrogen (secondary N) is 1. The third-order valence-electron chi connectivity index (χ3n) is 8.35. The normalized spacial score (nSPS) is 29.3. The van der Waals surface area contributed by atoms with Gasteiger partial charge in [-0.1, -0.05) is 6.42 Å². The largest absolute Gasteiger partial charge is 0.486 e. The van der Waals surface area contributed by atoms with E-state index in [0.717, 1.165) is 37.1 Å². The number of hydrogen-bond acceptors (Lipinski definition) is 5. The van der Waals surface area contributed by atoms with E-state index in [9.17, 15) is 13.2 Å². The van der Waals surface area contributed by atoms with Crippen LogP contribution in [0.1, 0.15) is 64.2 Å². The lowest BCUT2D eigenvalue weighted by Gasteiger charge is -2.57. The van der Waals surface area contributed by atoms with Crippen molar-refractivity contribution in [3.05, 3.63) is 18.2 Å². The summed E-state index contributed by atoms with van der Waals surface area (Å²) in [7, 11) is -1.62. The van der Waals surface area contributed by atoms with E-state index < -0.39 is 10.0 Å². The van der Waals surface area contributed by atoms with Crippen LogP contribution in [0.2, 0.25) is 0 Å². The molecule has 4 aliphatic carbocycles. The average molecular weight is 491 g/mol. The van der Waals surface area contributed by atoms with Crippen LogP contribution < -0.4 is 14.2 Å². The summed E-state index contributed by atoms with van der Waals surface area (Å²) in [5.74, 6) is 3.98. The Bertz CT molecular complexity index is 973. The zero-order chi connectivity index (χ0) is 23.8. The first-order valence-electron chi connectivity index (χ1n) is 13.0.